The number of nitrogens with zero attached hydrogens (tertiary/aromatic N) is 2. The maximum atomic E-state index is 11.7. The van der Waals surface area contributed by atoms with Gasteiger partial charge in [0.1, 0.15) is 6.61 Å². The van der Waals surface area contributed by atoms with Crippen LogP contribution < -0.4 is 0 Å². The summed E-state index contributed by atoms with van der Waals surface area (Å²) in [6.45, 7) is 2.28. The van der Waals surface area contributed by atoms with Crippen molar-refractivity contribution >= 4 is 12.1 Å². The van der Waals surface area contributed by atoms with Crippen LogP contribution in [0.15, 0.2) is 30.3 Å². The number of rotatable bonds is 7. The minimum atomic E-state index is -0.717. The molecule has 112 valence electrons. The third-order valence-electron chi connectivity index (χ3n) is 2.61. The van der Waals surface area contributed by atoms with E-state index in [0.717, 1.165) is 10.5 Å². The molecule has 1 aromatic rings. The largest absolute Gasteiger partial charge is 0.466 e. The first-order chi connectivity index (χ1) is 10.2. The Labute approximate surface area is 123 Å². The van der Waals surface area contributed by atoms with Crippen LogP contribution in [-0.4, -0.2) is 30.1 Å². The second-order valence-electron chi connectivity index (χ2n) is 4.20. The first-order valence-electron chi connectivity index (χ1n) is 6.71. The summed E-state index contributed by atoms with van der Waals surface area (Å²) in [5.74, 6) is -0.340. The number of hydrogen-bond acceptors (Lipinski definition) is 5. The molecule has 0 radical (unpaired) electrons. The summed E-state index contributed by atoms with van der Waals surface area (Å²) in [7, 11) is 0. The maximum absolute atomic E-state index is 11.7. The highest BCUT2D eigenvalue weighted by molar-refractivity contribution is 5.70. The Morgan fingerprint density at radius 2 is 1.95 bits per heavy atom. The molecule has 0 aliphatic rings. The first kappa shape index (κ1) is 16.5. The minimum absolute atomic E-state index is 0.107. The quantitative estimate of drug-likeness (QED) is 0.438. The second-order valence-corrected chi connectivity index (χ2v) is 4.20. The predicted molar refractivity (Wildman–Crippen MR) is 74.8 cm³/mol. The highest BCUT2D eigenvalue weighted by atomic mass is 16.6. The zero-order chi connectivity index (χ0) is 15.5. The van der Waals surface area contributed by atoms with E-state index in [9.17, 15) is 9.59 Å². The molecule has 1 aromatic carbocycles. The average Bonchev–Trinajstić information content (AvgIpc) is 2.50. The number of ether oxygens (including phenoxy) is 2. The van der Waals surface area contributed by atoms with Gasteiger partial charge in [-0.15, -0.1) is 0 Å². The van der Waals surface area contributed by atoms with Crippen molar-refractivity contribution in [2.45, 2.75) is 26.4 Å². The van der Waals surface area contributed by atoms with Crippen molar-refractivity contribution in [3.05, 3.63) is 35.9 Å². The fourth-order valence-electron chi connectivity index (χ4n) is 1.59. The van der Waals surface area contributed by atoms with Crippen molar-refractivity contribution in [3.8, 4) is 6.19 Å². The van der Waals surface area contributed by atoms with E-state index in [1.165, 1.54) is 0 Å². The van der Waals surface area contributed by atoms with Gasteiger partial charge in [0, 0.05) is 13.0 Å². The monoisotopic (exact) mass is 290 g/mol. The summed E-state index contributed by atoms with van der Waals surface area (Å²) in [4.78, 5) is 23.8. The molecule has 0 saturated heterocycles. The van der Waals surface area contributed by atoms with E-state index in [1.807, 2.05) is 30.3 Å². The van der Waals surface area contributed by atoms with Crippen LogP contribution in [0.1, 0.15) is 25.3 Å². The summed E-state index contributed by atoms with van der Waals surface area (Å²) >= 11 is 0. The molecular formula is C15H18N2O4. The Morgan fingerprint density at radius 1 is 1.24 bits per heavy atom. The lowest BCUT2D eigenvalue weighted by Gasteiger charge is -2.13. The van der Waals surface area contributed by atoms with Gasteiger partial charge in [-0.25, -0.2) is 9.69 Å². The van der Waals surface area contributed by atoms with E-state index in [4.69, 9.17) is 14.7 Å². The van der Waals surface area contributed by atoms with Gasteiger partial charge in [-0.05, 0) is 18.9 Å². The number of amides is 1. The summed E-state index contributed by atoms with van der Waals surface area (Å²) in [5.41, 5.74) is 0.843. The third kappa shape index (κ3) is 6.43. The zero-order valence-electron chi connectivity index (χ0n) is 11.9. The van der Waals surface area contributed by atoms with Gasteiger partial charge in [0.25, 0.3) is 0 Å². The number of hydrogen-bond donors (Lipinski definition) is 0. The van der Waals surface area contributed by atoms with E-state index < -0.39 is 6.09 Å². The molecule has 0 saturated carbocycles. The Morgan fingerprint density at radius 3 is 2.57 bits per heavy atom. The van der Waals surface area contributed by atoms with Crippen molar-refractivity contribution in [2.75, 3.05) is 13.2 Å². The molecule has 1 rings (SSSR count). The molecule has 6 nitrogen and oxygen atoms in total. The highest BCUT2D eigenvalue weighted by Crippen LogP contribution is 2.04. The van der Waals surface area contributed by atoms with Crippen molar-refractivity contribution in [3.63, 3.8) is 0 Å². The van der Waals surface area contributed by atoms with Crippen molar-refractivity contribution in [2.24, 2.45) is 0 Å². The molecule has 0 aromatic heterocycles. The van der Waals surface area contributed by atoms with E-state index in [1.54, 1.807) is 13.1 Å². The molecule has 0 aliphatic heterocycles. The summed E-state index contributed by atoms with van der Waals surface area (Å²) in [5, 5.41) is 8.92. The Balaban J connectivity index is 2.33. The van der Waals surface area contributed by atoms with Crippen LogP contribution in [0.2, 0.25) is 0 Å². The fraction of sp³-hybridized carbons (Fsp3) is 0.400. The maximum Gasteiger partial charge on any atom is 0.423 e. The van der Waals surface area contributed by atoms with E-state index >= 15 is 0 Å². The van der Waals surface area contributed by atoms with Crippen LogP contribution in [0.25, 0.3) is 0 Å². The lowest BCUT2D eigenvalue weighted by atomic mass is 10.2. The van der Waals surface area contributed by atoms with Crippen LogP contribution in [0.5, 0.6) is 0 Å². The minimum Gasteiger partial charge on any atom is -0.466 e. The molecule has 0 unspecified atom stereocenters. The molecular weight excluding hydrogens is 272 g/mol. The van der Waals surface area contributed by atoms with Gasteiger partial charge >= 0.3 is 12.1 Å². The van der Waals surface area contributed by atoms with E-state index in [2.05, 4.69) is 0 Å². The number of esters is 1. The Bertz CT molecular complexity index is 496. The molecule has 0 heterocycles. The topological polar surface area (TPSA) is 79.6 Å². The van der Waals surface area contributed by atoms with Gasteiger partial charge in [-0.1, -0.05) is 30.3 Å². The van der Waals surface area contributed by atoms with Crippen LogP contribution >= 0.6 is 0 Å². The lowest BCUT2D eigenvalue weighted by molar-refractivity contribution is -0.143. The standard InChI is InChI=1S/C15H18N2O4/c1-2-20-14(18)9-6-10-17(12-16)15(19)21-11-13-7-4-3-5-8-13/h3-5,7-8H,2,6,9-11H2,1H3. The molecule has 6 heteroatoms. The van der Waals surface area contributed by atoms with Crippen LogP contribution in [0.3, 0.4) is 0 Å². The van der Waals surface area contributed by atoms with Crippen molar-refractivity contribution in [1.29, 1.82) is 5.26 Å². The van der Waals surface area contributed by atoms with Gasteiger partial charge < -0.3 is 9.47 Å². The van der Waals surface area contributed by atoms with Gasteiger partial charge in [0.15, 0.2) is 6.19 Å². The van der Waals surface area contributed by atoms with Crippen LogP contribution in [0.4, 0.5) is 4.79 Å². The molecule has 0 N–H and O–H groups in total. The summed E-state index contributed by atoms with van der Waals surface area (Å²) in [6, 6.07) is 9.19. The van der Waals surface area contributed by atoms with Gasteiger partial charge in [-0.2, -0.15) is 5.26 Å². The lowest BCUT2D eigenvalue weighted by Crippen LogP contribution is -2.28. The van der Waals surface area contributed by atoms with Crippen molar-refractivity contribution in [1.82, 2.24) is 4.90 Å². The van der Waals surface area contributed by atoms with Crippen LogP contribution in [-0.2, 0) is 20.9 Å². The molecule has 0 bridgehead atoms. The molecule has 0 atom stereocenters. The van der Waals surface area contributed by atoms with E-state index in [0.29, 0.717) is 13.0 Å². The number of nitriles is 1. The number of carbonyl (C=O) groups is 2. The highest BCUT2D eigenvalue weighted by Gasteiger charge is 2.15. The normalized spacial score (nSPS) is 9.52. The third-order valence-corrected chi connectivity index (χ3v) is 2.61. The SMILES string of the molecule is CCOC(=O)CCCN(C#N)C(=O)OCc1ccccc1. The van der Waals surface area contributed by atoms with Crippen molar-refractivity contribution < 1.29 is 19.1 Å². The summed E-state index contributed by atoms with van der Waals surface area (Å²) < 4.78 is 9.80. The van der Waals surface area contributed by atoms with E-state index in [-0.39, 0.29) is 25.5 Å². The van der Waals surface area contributed by atoms with Crippen LogP contribution in [0, 0.1) is 11.5 Å². The molecule has 0 spiro atoms. The van der Waals surface area contributed by atoms with Gasteiger partial charge in [-0.3, -0.25) is 4.79 Å². The molecule has 21 heavy (non-hydrogen) atoms. The second kappa shape index (κ2) is 9.37. The number of carbonyl (C=O) groups excluding carboxylic acids is 2. The predicted octanol–water partition coefficient (Wildman–Crippen LogP) is 2.45. The average molecular weight is 290 g/mol. The Hall–Kier alpha value is -2.55. The fourth-order valence-corrected chi connectivity index (χ4v) is 1.59. The molecule has 0 aliphatic carbocycles. The summed E-state index contributed by atoms with van der Waals surface area (Å²) in [6.07, 6.45) is 1.55. The zero-order valence-corrected chi connectivity index (χ0v) is 11.9. The molecule has 0 fully saturated rings. The van der Waals surface area contributed by atoms with Gasteiger partial charge in [0.2, 0.25) is 0 Å². The first-order valence-corrected chi connectivity index (χ1v) is 6.71. The van der Waals surface area contributed by atoms with Gasteiger partial charge in [0.05, 0.1) is 6.61 Å². The smallest absolute Gasteiger partial charge is 0.423 e. The molecule has 1 amide bonds. The Kier molecular flexibility index (Phi) is 7.36. The number of benzene rings is 1.